The van der Waals surface area contributed by atoms with E-state index in [1.165, 1.54) is 16.1 Å². The van der Waals surface area contributed by atoms with Gasteiger partial charge in [-0.1, -0.05) is 0 Å². The molecule has 0 aliphatic heterocycles. The fraction of sp³-hybridized carbons (Fsp3) is 0.182. The maximum absolute atomic E-state index is 8.69. The summed E-state index contributed by atoms with van der Waals surface area (Å²) in [6.45, 7) is 2.89. The molecule has 76 valence electrons. The zero-order chi connectivity index (χ0) is 10.7. The van der Waals surface area contributed by atoms with E-state index in [4.69, 9.17) is 5.26 Å². The molecule has 2 nitrogen and oxygen atoms in total. The lowest BCUT2D eigenvalue weighted by atomic mass is 10.3. The third-order valence-electron chi connectivity index (χ3n) is 2.09. The molecule has 15 heavy (non-hydrogen) atoms. The van der Waals surface area contributed by atoms with Gasteiger partial charge in [-0.15, -0.1) is 22.7 Å². The van der Waals surface area contributed by atoms with Crippen molar-refractivity contribution in [2.75, 3.05) is 5.32 Å². The summed E-state index contributed by atoms with van der Waals surface area (Å²) < 4.78 is 0. The summed E-state index contributed by atoms with van der Waals surface area (Å²) in [5, 5.41) is 18.2. The number of aryl methyl sites for hydroxylation is 1. The van der Waals surface area contributed by atoms with Gasteiger partial charge in [-0.25, -0.2) is 0 Å². The highest BCUT2D eigenvalue weighted by molar-refractivity contribution is 7.10. The van der Waals surface area contributed by atoms with Crippen molar-refractivity contribution in [1.29, 1.82) is 5.26 Å². The van der Waals surface area contributed by atoms with Gasteiger partial charge in [0.1, 0.15) is 6.07 Å². The molecule has 0 fully saturated rings. The molecule has 0 spiro atoms. The molecule has 0 aliphatic carbocycles. The lowest BCUT2D eigenvalue weighted by Crippen LogP contribution is -1.96. The van der Waals surface area contributed by atoms with Gasteiger partial charge in [0.15, 0.2) is 0 Å². The highest BCUT2D eigenvalue weighted by atomic mass is 32.1. The first-order valence-corrected chi connectivity index (χ1v) is 6.36. The second-order valence-electron chi connectivity index (χ2n) is 3.24. The smallest absolute Gasteiger partial charge is 0.100 e. The molecule has 4 heteroatoms. The zero-order valence-corrected chi connectivity index (χ0v) is 9.91. The van der Waals surface area contributed by atoms with Crippen molar-refractivity contribution in [2.24, 2.45) is 0 Å². The summed E-state index contributed by atoms with van der Waals surface area (Å²) >= 11 is 3.32. The summed E-state index contributed by atoms with van der Waals surface area (Å²) in [5.41, 5.74) is 3.21. The fourth-order valence-corrected chi connectivity index (χ4v) is 2.81. The topological polar surface area (TPSA) is 35.8 Å². The van der Waals surface area contributed by atoms with Crippen molar-refractivity contribution in [3.63, 3.8) is 0 Å². The normalized spacial score (nSPS) is 9.87. The van der Waals surface area contributed by atoms with Crippen molar-refractivity contribution < 1.29 is 0 Å². The van der Waals surface area contributed by atoms with Crippen molar-refractivity contribution >= 4 is 28.4 Å². The molecule has 0 atom stereocenters. The lowest BCUT2D eigenvalue weighted by molar-refractivity contribution is 1.19. The highest BCUT2D eigenvalue weighted by Gasteiger charge is 2.01. The van der Waals surface area contributed by atoms with E-state index in [2.05, 4.69) is 29.1 Å². The van der Waals surface area contributed by atoms with Gasteiger partial charge in [-0.05, 0) is 23.9 Å². The summed E-state index contributed by atoms with van der Waals surface area (Å²) in [4.78, 5) is 1.19. The Morgan fingerprint density at radius 2 is 2.27 bits per heavy atom. The number of nitriles is 1. The quantitative estimate of drug-likeness (QED) is 0.880. The van der Waals surface area contributed by atoms with Crippen LogP contribution in [0.15, 0.2) is 22.2 Å². The number of nitrogens with zero attached hydrogens (tertiary/aromatic N) is 1. The number of rotatable bonds is 3. The third kappa shape index (κ3) is 2.38. The molecule has 0 amide bonds. The maximum atomic E-state index is 8.69. The van der Waals surface area contributed by atoms with Crippen LogP contribution in [0.1, 0.15) is 16.0 Å². The van der Waals surface area contributed by atoms with Gasteiger partial charge < -0.3 is 5.32 Å². The predicted octanol–water partition coefficient (Wildman–Crippen LogP) is 3.60. The fourth-order valence-electron chi connectivity index (χ4n) is 1.26. The van der Waals surface area contributed by atoms with Gasteiger partial charge in [-0.2, -0.15) is 5.26 Å². The van der Waals surface area contributed by atoms with Crippen LogP contribution in [-0.4, -0.2) is 0 Å². The van der Waals surface area contributed by atoms with E-state index >= 15 is 0 Å². The lowest BCUT2D eigenvalue weighted by Gasteiger charge is -2.02. The zero-order valence-electron chi connectivity index (χ0n) is 8.28. The van der Waals surface area contributed by atoms with Crippen LogP contribution in [0.2, 0.25) is 0 Å². The van der Waals surface area contributed by atoms with Crippen molar-refractivity contribution in [2.45, 2.75) is 13.5 Å². The Bertz CT molecular complexity index is 491. The number of nitrogens with one attached hydrogen (secondary N) is 1. The molecule has 0 saturated heterocycles. The molecular weight excluding hydrogens is 224 g/mol. The first kappa shape index (κ1) is 10.2. The Morgan fingerprint density at radius 1 is 1.40 bits per heavy atom. The average molecular weight is 234 g/mol. The van der Waals surface area contributed by atoms with E-state index < -0.39 is 0 Å². The van der Waals surface area contributed by atoms with Crippen LogP contribution in [0.25, 0.3) is 0 Å². The van der Waals surface area contributed by atoms with Crippen LogP contribution in [0.4, 0.5) is 5.69 Å². The third-order valence-corrected chi connectivity index (χ3v) is 3.89. The molecule has 0 aromatic carbocycles. The Balaban J connectivity index is 2.00. The van der Waals surface area contributed by atoms with Crippen LogP contribution in [-0.2, 0) is 6.54 Å². The van der Waals surface area contributed by atoms with E-state index in [1.807, 2.05) is 11.4 Å². The summed E-state index contributed by atoms with van der Waals surface area (Å²) in [7, 11) is 0. The number of hydrogen-bond acceptors (Lipinski definition) is 4. The van der Waals surface area contributed by atoms with Crippen LogP contribution in [0, 0.1) is 18.3 Å². The van der Waals surface area contributed by atoms with Crippen molar-refractivity contribution in [1.82, 2.24) is 0 Å². The maximum Gasteiger partial charge on any atom is 0.100 e. The van der Waals surface area contributed by atoms with Gasteiger partial charge in [0.05, 0.1) is 5.56 Å². The molecule has 2 aromatic rings. The summed E-state index contributed by atoms with van der Waals surface area (Å²) in [6.07, 6.45) is 0. The highest BCUT2D eigenvalue weighted by Crippen LogP contribution is 2.21. The molecule has 2 aromatic heterocycles. The average Bonchev–Trinajstić information content (AvgIpc) is 2.84. The summed E-state index contributed by atoms with van der Waals surface area (Å²) in [5.74, 6) is 0. The molecule has 2 rings (SSSR count). The van der Waals surface area contributed by atoms with E-state index in [0.29, 0.717) is 0 Å². The number of thiophene rings is 2. The van der Waals surface area contributed by atoms with Crippen LogP contribution < -0.4 is 5.32 Å². The molecule has 0 saturated carbocycles. The van der Waals surface area contributed by atoms with E-state index in [1.54, 1.807) is 22.7 Å². The van der Waals surface area contributed by atoms with Crippen LogP contribution in [0.3, 0.4) is 0 Å². The van der Waals surface area contributed by atoms with Gasteiger partial charge in [0.25, 0.3) is 0 Å². The van der Waals surface area contributed by atoms with E-state index in [9.17, 15) is 0 Å². The van der Waals surface area contributed by atoms with Gasteiger partial charge in [-0.3, -0.25) is 0 Å². The molecule has 0 unspecified atom stereocenters. The van der Waals surface area contributed by atoms with E-state index in [0.717, 1.165) is 12.1 Å². The first-order chi connectivity index (χ1) is 7.29. The Kier molecular flexibility index (Phi) is 3.05. The van der Waals surface area contributed by atoms with Gasteiger partial charge in [0.2, 0.25) is 0 Å². The second-order valence-corrected chi connectivity index (χ2v) is 4.97. The SMILES string of the molecule is Cc1cscc1NCc1cc(C#N)cs1. The number of anilines is 1. The van der Waals surface area contributed by atoms with Gasteiger partial charge >= 0.3 is 0 Å². The minimum atomic E-state index is 0.749. The predicted molar refractivity (Wildman–Crippen MR) is 65.4 cm³/mol. The second kappa shape index (κ2) is 4.47. The Hall–Kier alpha value is -1.31. The minimum absolute atomic E-state index is 0.749. The molecule has 2 heterocycles. The molecule has 0 radical (unpaired) electrons. The Labute approximate surface area is 96.8 Å². The first-order valence-electron chi connectivity index (χ1n) is 4.54. The largest absolute Gasteiger partial charge is 0.379 e. The Morgan fingerprint density at radius 3 is 2.87 bits per heavy atom. The monoisotopic (exact) mass is 234 g/mol. The molecule has 0 bridgehead atoms. The van der Waals surface area contributed by atoms with E-state index in [-0.39, 0.29) is 0 Å². The molecule has 1 N–H and O–H groups in total. The van der Waals surface area contributed by atoms with Gasteiger partial charge in [0, 0.05) is 27.9 Å². The molecular formula is C11H10N2S2. The van der Waals surface area contributed by atoms with Crippen molar-refractivity contribution in [3.05, 3.63) is 38.2 Å². The van der Waals surface area contributed by atoms with Crippen molar-refractivity contribution in [3.8, 4) is 6.07 Å². The summed E-state index contributed by atoms with van der Waals surface area (Å²) in [6, 6.07) is 4.07. The van der Waals surface area contributed by atoms with Crippen LogP contribution >= 0.6 is 22.7 Å². The number of hydrogen-bond donors (Lipinski definition) is 1. The minimum Gasteiger partial charge on any atom is -0.379 e. The molecule has 0 aliphatic rings. The standard InChI is InChI=1S/C11H10N2S2/c1-8-5-14-7-11(8)13-4-10-2-9(3-12)6-15-10/h2,5-7,13H,4H2,1H3. The van der Waals surface area contributed by atoms with Crippen LogP contribution in [0.5, 0.6) is 0 Å².